The highest BCUT2D eigenvalue weighted by Crippen LogP contribution is 2.43. The number of nitrogens with zero attached hydrogens (tertiary/aromatic N) is 6. The molecule has 2 aromatic heterocycles. The van der Waals surface area contributed by atoms with Gasteiger partial charge in [0.05, 0.1) is 11.5 Å². The Hall–Kier alpha value is -3.90. The quantitative estimate of drug-likeness (QED) is 0.569. The summed E-state index contributed by atoms with van der Waals surface area (Å²) >= 11 is 0. The first-order chi connectivity index (χ1) is 18.2. The number of rotatable bonds is 4. The molecule has 3 aromatic rings. The van der Waals surface area contributed by atoms with Gasteiger partial charge in [0.1, 0.15) is 11.9 Å². The molecule has 0 spiro atoms. The molecule has 0 radical (unpaired) electrons. The van der Waals surface area contributed by atoms with Gasteiger partial charge in [-0.15, -0.1) is 10.2 Å². The first-order valence-corrected chi connectivity index (χ1v) is 12.9. The van der Waals surface area contributed by atoms with Gasteiger partial charge in [-0.05, 0) is 48.4 Å². The van der Waals surface area contributed by atoms with Crippen molar-refractivity contribution in [3.05, 3.63) is 83.1 Å². The molecule has 2 fully saturated rings. The van der Waals surface area contributed by atoms with E-state index in [1.54, 1.807) is 24.3 Å². The summed E-state index contributed by atoms with van der Waals surface area (Å²) in [5, 5.41) is 29.0. The van der Waals surface area contributed by atoms with E-state index in [2.05, 4.69) is 15.2 Å². The molecule has 2 aliphatic heterocycles. The molecule has 0 bridgehead atoms. The van der Waals surface area contributed by atoms with Gasteiger partial charge in [-0.25, -0.2) is 4.39 Å². The van der Waals surface area contributed by atoms with Crippen molar-refractivity contribution >= 4 is 11.7 Å². The van der Waals surface area contributed by atoms with Crippen LogP contribution in [0.5, 0.6) is 0 Å². The number of benzene rings is 1. The van der Waals surface area contributed by atoms with Crippen LogP contribution in [0.25, 0.3) is 0 Å². The Morgan fingerprint density at radius 1 is 1.03 bits per heavy atom. The van der Waals surface area contributed by atoms with E-state index in [-0.39, 0.29) is 41.1 Å². The zero-order valence-electron chi connectivity index (χ0n) is 21.8. The predicted molar refractivity (Wildman–Crippen MR) is 139 cm³/mol. The summed E-state index contributed by atoms with van der Waals surface area (Å²) in [7, 11) is 0. The van der Waals surface area contributed by atoms with E-state index in [1.807, 2.05) is 55.0 Å². The lowest BCUT2D eigenvalue weighted by molar-refractivity contribution is -0.152. The number of carbonyl (C=O) groups excluding carboxylic acids is 1. The van der Waals surface area contributed by atoms with Gasteiger partial charge in [0.15, 0.2) is 11.5 Å². The second kappa shape index (κ2) is 10.1. The maximum Gasteiger partial charge on any atom is 0.228 e. The lowest BCUT2D eigenvalue weighted by atomic mass is 9.70. The third-order valence-corrected chi connectivity index (χ3v) is 8.15. The molecular weight excluding hydrogens is 483 g/mol. The van der Waals surface area contributed by atoms with Crippen LogP contribution in [0.2, 0.25) is 0 Å². The van der Waals surface area contributed by atoms with Crippen molar-refractivity contribution in [1.82, 2.24) is 20.1 Å². The minimum Gasteiger partial charge on any atom is -0.384 e. The standard InChI is InChI=1S/C29H31FN6O2/c1-18-4-10-26(32-13-18)24-16-35(27-11-9-23(12-31)33-34-27)17-25(24)28(37)36-14-19(2)29(38,20(3)15-36)21-5-7-22(30)8-6-21/h4-11,13,19-20,24-25,38H,14-17H2,1-3H3/t19-,20+,24-,25-,29-/m1/s1. The Bertz CT molecular complexity index is 1330. The molecule has 0 aliphatic carbocycles. The minimum absolute atomic E-state index is 0.0151. The van der Waals surface area contributed by atoms with Crippen LogP contribution in [-0.2, 0) is 10.4 Å². The Balaban J connectivity index is 1.40. The number of piperidine rings is 1. The number of halogens is 1. The van der Waals surface area contributed by atoms with E-state index < -0.39 is 5.60 Å². The molecule has 2 saturated heterocycles. The van der Waals surface area contributed by atoms with Crippen molar-refractivity contribution in [2.45, 2.75) is 32.3 Å². The number of amides is 1. The second-order valence-corrected chi connectivity index (χ2v) is 10.6. The van der Waals surface area contributed by atoms with Crippen molar-refractivity contribution in [2.75, 3.05) is 31.1 Å². The van der Waals surface area contributed by atoms with Gasteiger partial charge in [0.2, 0.25) is 5.91 Å². The smallest absolute Gasteiger partial charge is 0.228 e. The highest BCUT2D eigenvalue weighted by Gasteiger charge is 2.49. The lowest BCUT2D eigenvalue weighted by Gasteiger charge is -2.48. The second-order valence-electron chi connectivity index (χ2n) is 10.6. The van der Waals surface area contributed by atoms with Crippen molar-refractivity contribution in [3.63, 3.8) is 0 Å². The van der Waals surface area contributed by atoms with E-state index in [0.29, 0.717) is 37.6 Å². The van der Waals surface area contributed by atoms with Gasteiger partial charge < -0.3 is 14.9 Å². The minimum atomic E-state index is -1.16. The van der Waals surface area contributed by atoms with Crippen LogP contribution in [0.4, 0.5) is 10.2 Å². The summed E-state index contributed by atoms with van der Waals surface area (Å²) in [6.45, 7) is 7.62. The average Bonchev–Trinajstić information content (AvgIpc) is 3.37. The van der Waals surface area contributed by atoms with Gasteiger partial charge >= 0.3 is 0 Å². The van der Waals surface area contributed by atoms with Crippen LogP contribution < -0.4 is 4.90 Å². The topological polar surface area (TPSA) is 106 Å². The third-order valence-electron chi connectivity index (χ3n) is 8.15. The average molecular weight is 515 g/mol. The van der Waals surface area contributed by atoms with Crippen LogP contribution in [0, 0.1) is 41.8 Å². The molecule has 0 unspecified atom stereocenters. The van der Waals surface area contributed by atoms with Crippen LogP contribution in [0.15, 0.2) is 54.7 Å². The number of aromatic nitrogens is 3. The molecule has 9 heteroatoms. The molecule has 0 saturated carbocycles. The molecule has 4 heterocycles. The van der Waals surface area contributed by atoms with E-state index in [1.165, 1.54) is 12.1 Å². The number of pyridine rings is 1. The summed E-state index contributed by atoms with van der Waals surface area (Å²) in [6.07, 6.45) is 1.81. The SMILES string of the molecule is Cc1ccc([C@@H]2CN(c3ccc(C#N)nn3)C[C@H]2C(=O)N2C[C@@H](C)[C@](O)(c3ccc(F)cc3)[C@@H](C)C2)nc1. The van der Waals surface area contributed by atoms with Crippen molar-refractivity contribution in [3.8, 4) is 6.07 Å². The Morgan fingerprint density at radius 2 is 1.74 bits per heavy atom. The Labute approximate surface area is 221 Å². The highest BCUT2D eigenvalue weighted by atomic mass is 19.1. The molecule has 196 valence electrons. The number of aliphatic hydroxyl groups is 1. The van der Waals surface area contributed by atoms with Gasteiger partial charge in [-0.3, -0.25) is 9.78 Å². The number of anilines is 1. The lowest BCUT2D eigenvalue weighted by Crippen LogP contribution is -2.57. The zero-order chi connectivity index (χ0) is 27.0. The highest BCUT2D eigenvalue weighted by molar-refractivity contribution is 5.81. The van der Waals surface area contributed by atoms with Crippen LogP contribution >= 0.6 is 0 Å². The number of carbonyl (C=O) groups is 1. The molecule has 2 aliphatic rings. The zero-order valence-corrected chi connectivity index (χ0v) is 21.8. The summed E-state index contributed by atoms with van der Waals surface area (Å²) in [5.74, 6) is -0.734. The maximum absolute atomic E-state index is 14.1. The number of likely N-dealkylation sites (tertiary alicyclic amines) is 1. The number of nitriles is 1. The molecule has 5 atom stereocenters. The summed E-state index contributed by atoms with van der Waals surface area (Å²) in [4.78, 5) is 22.6. The van der Waals surface area contributed by atoms with Gasteiger partial charge in [0.25, 0.3) is 0 Å². The molecular formula is C29H31FN6O2. The fourth-order valence-electron chi connectivity index (χ4n) is 5.99. The number of hydrogen-bond acceptors (Lipinski definition) is 7. The van der Waals surface area contributed by atoms with Gasteiger partial charge in [-0.1, -0.05) is 32.0 Å². The van der Waals surface area contributed by atoms with Crippen LogP contribution in [0.3, 0.4) is 0 Å². The largest absolute Gasteiger partial charge is 0.384 e. The Kier molecular flexibility index (Phi) is 6.84. The van der Waals surface area contributed by atoms with Crippen molar-refractivity contribution < 1.29 is 14.3 Å². The van der Waals surface area contributed by atoms with E-state index in [4.69, 9.17) is 5.26 Å². The molecule has 1 aromatic carbocycles. The number of hydrogen-bond donors (Lipinski definition) is 1. The molecule has 1 N–H and O–H groups in total. The van der Waals surface area contributed by atoms with Crippen LogP contribution in [0.1, 0.15) is 42.3 Å². The fraction of sp³-hybridized carbons (Fsp3) is 0.414. The molecule has 1 amide bonds. The predicted octanol–water partition coefficient (Wildman–Crippen LogP) is 3.41. The molecule has 38 heavy (non-hydrogen) atoms. The molecule has 5 rings (SSSR count). The maximum atomic E-state index is 14.1. The number of aryl methyl sites for hydroxylation is 1. The van der Waals surface area contributed by atoms with E-state index in [9.17, 15) is 14.3 Å². The molecule has 8 nitrogen and oxygen atoms in total. The Morgan fingerprint density at radius 3 is 2.32 bits per heavy atom. The van der Waals surface area contributed by atoms with E-state index >= 15 is 0 Å². The van der Waals surface area contributed by atoms with Crippen LogP contribution in [-0.4, -0.2) is 57.3 Å². The van der Waals surface area contributed by atoms with Crippen molar-refractivity contribution in [2.24, 2.45) is 17.8 Å². The normalized spacial score (nSPS) is 27.3. The monoisotopic (exact) mass is 514 g/mol. The first-order valence-electron chi connectivity index (χ1n) is 12.9. The fourth-order valence-corrected chi connectivity index (χ4v) is 5.99. The summed E-state index contributed by atoms with van der Waals surface area (Å²) in [6, 6.07) is 15.3. The van der Waals surface area contributed by atoms with E-state index in [0.717, 1.165) is 11.3 Å². The first kappa shape index (κ1) is 25.7. The van der Waals surface area contributed by atoms with Gasteiger partial charge in [-0.2, -0.15) is 5.26 Å². The third kappa shape index (κ3) is 4.61. The van der Waals surface area contributed by atoms with Gasteiger partial charge in [0, 0.05) is 55.8 Å². The summed E-state index contributed by atoms with van der Waals surface area (Å²) in [5.41, 5.74) is 1.63. The van der Waals surface area contributed by atoms with Crippen molar-refractivity contribution in [1.29, 1.82) is 5.26 Å². The summed E-state index contributed by atoms with van der Waals surface area (Å²) < 4.78 is 13.5.